The summed E-state index contributed by atoms with van der Waals surface area (Å²) in [6.45, 7) is 7.73. The Kier molecular flexibility index (Phi) is 6.88. The highest BCUT2D eigenvalue weighted by molar-refractivity contribution is 7.92. The molecule has 2 fully saturated rings. The van der Waals surface area contributed by atoms with Crippen LogP contribution in [-0.2, 0) is 25.9 Å². The van der Waals surface area contributed by atoms with Crippen LogP contribution in [0.2, 0.25) is 0 Å². The van der Waals surface area contributed by atoms with Gasteiger partial charge in [-0.2, -0.15) is 0 Å². The van der Waals surface area contributed by atoms with Gasteiger partial charge in [-0.25, -0.2) is 13.2 Å². The second-order valence-corrected chi connectivity index (χ2v) is 10.4. The van der Waals surface area contributed by atoms with E-state index in [2.05, 4.69) is 17.2 Å². The summed E-state index contributed by atoms with van der Waals surface area (Å²) in [5, 5.41) is 4.66. The van der Waals surface area contributed by atoms with Crippen LogP contribution in [0.1, 0.15) is 47.4 Å². The van der Waals surface area contributed by atoms with Gasteiger partial charge in [-0.1, -0.05) is 12.5 Å². The first-order chi connectivity index (χ1) is 14.6. The number of aryl methyl sites for hydroxylation is 1. The molecule has 170 valence electrons. The van der Waals surface area contributed by atoms with Crippen LogP contribution in [-0.4, -0.2) is 60.5 Å². The first-order valence-electron chi connectivity index (χ1n) is 10.4. The van der Waals surface area contributed by atoms with Crippen molar-refractivity contribution in [3.63, 3.8) is 0 Å². The largest absolute Gasteiger partial charge is 0.457 e. The maximum atomic E-state index is 12.4. The van der Waals surface area contributed by atoms with Gasteiger partial charge in [-0.05, 0) is 32.8 Å². The van der Waals surface area contributed by atoms with E-state index in [0.29, 0.717) is 31.4 Å². The molecule has 9 nitrogen and oxygen atoms in total. The minimum absolute atomic E-state index is 0.0569. The fourth-order valence-electron chi connectivity index (χ4n) is 4.41. The molecule has 0 aliphatic carbocycles. The van der Waals surface area contributed by atoms with E-state index >= 15 is 0 Å². The molecule has 10 heteroatoms. The van der Waals surface area contributed by atoms with Crippen LogP contribution >= 0.6 is 0 Å². The fraction of sp³-hybridized carbons (Fsp3) is 0.571. The third-order valence-electron chi connectivity index (χ3n) is 5.99. The molecule has 3 atom stereocenters. The van der Waals surface area contributed by atoms with E-state index in [1.54, 1.807) is 12.1 Å². The number of hydrogen-bond donors (Lipinski definition) is 2. The maximum Gasteiger partial charge on any atom is 0.315 e. The van der Waals surface area contributed by atoms with Gasteiger partial charge in [0.25, 0.3) is 0 Å². The van der Waals surface area contributed by atoms with E-state index in [1.807, 2.05) is 18.4 Å². The fourth-order valence-corrected chi connectivity index (χ4v) is 6.68. The number of Topliss-reactive ketones (excluding diaryl/α,β-unsaturated/α-hetero) is 1. The number of nitrogens with one attached hydrogen (secondary N) is 2. The molecule has 31 heavy (non-hydrogen) atoms. The summed E-state index contributed by atoms with van der Waals surface area (Å²) in [6, 6.07) is 0.642. The lowest BCUT2D eigenvalue weighted by molar-refractivity contribution is -0.142. The number of ketones is 1. The highest BCUT2D eigenvalue weighted by atomic mass is 32.2. The molecule has 0 spiro atoms. The second-order valence-electron chi connectivity index (χ2n) is 8.13. The third-order valence-corrected chi connectivity index (χ3v) is 8.27. The van der Waals surface area contributed by atoms with Gasteiger partial charge < -0.3 is 19.9 Å². The van der Waals surface area contributed by atoms with Crippen molar-refractivity contribution >= 4 is 27.6 Å². The quantitative estimate of drug-likeness (QED) is 0.182. The van der Waals surface area contributed by atoms with Crippen LogP contribution in [0.25, 0.3) is 0 Å². The molecule has 1 aromatic rings. The molecule has 2 saturated heterocycles. The summed E-state index contributed by atoms with van der Waals surface area (Å²) in [7, 11) is -3.28. The Morgan fingerprint density at radius 3 is 2.74 bits per heavy atom. The lowest BCUT2D eigenvalue weighted by Gasteiger charge is -2.16. The van der Waals surface area contributed by atoms with Crippen LogP contribution in [0.5, 0.6) is 0 Å². The van der Waals surface area contributed by atoms with Crippen molar-refractivity contribution < 1.29 is 27.5 Å². The first-order valence-corrected chi connectivity index (χ1v) is 12.1. The molecule has 0 radical (unpaired) electrons. The van der Waals surface area contributed by atoms with E-state index in [-0.39, 0.29) is 36.6 Å². The summed E-state index contributed by atoms with van der Waals surface area (Å²) < 4.78 is 31.7. The molecule has 3 rings (SSSR count). The number of sulfone groups is 1. The number of unbranched alkanes of at least 4 members (excludes halogenated alkanes) is 1. The molecule has 3 heterocycles. The van der Waals surface area contributed by atoms with E-state index in [4.69, 9.17) is 4.74 Å². The number of esters is 1. The minimum Gasteiger partial charge on any atom is -0.457 e. The summed E-state index contributed by atoms with van der Waals surface area (Å²) >= 11 is 0. The molecular weight excluding hydrogens is 422 g/mol. The van der Waals surface area contributed by atoms with Crippen molar-refractivity contribution in [2.75, 3.05) is 12.4 Å². The third kappa shape index (κ3) is 5.00. The average Bonchev–Trinajstić information content (AvgIpc) is 3.26. The van der Waals surface area contributed by atoms with Crippen LogP contribution in [0.4, 0.5) is 4.79 Å². The summed E-state index contributed by atoms with van der Waals surface area (Å²) in [4.78, 5) is 35.9. The topological polar surface area (TPSA) is 124 Å². The Balaban J connectivity index is 1.42. The lowest BCUT2D eigenvalue weighted by Crippen LogP contribution is -2.39. The zero-order valence-corrected chi connectivity index (χ0v) is 18.7. The Morgan fingerprint density at radius 1 is 1.29 bits per heavy atom. The van der Waals surface area contributed by atoms with Gasteiger partial charge in [0.15, 0.2) is 16.4 Å². The van der Waals surface area contributed by atoms with E-state index in [0.717, 1.165) is 11.4 Å². The zero-order chi connectivity index (χ0) is 22.8. The molecule has 2 N–H and O–H groups in total. The van der Waals surface area contributed by atoms with E-state index in [9.17, 15) is 22.8 Å². The Bertz CT molecular complexity index is 997. The Morgan fingerprint density at radius 2 is 2.03 bits per heavy atom. The molecule has 2 amide bonds. The van der Waals surface area contributed by atoms with Crippen molar-refractivity contribution in [2.45, 2.75) is 63.4 Å². The monoisotopic (exact) mass is 451 g/mol. The summed E-state index contributed by atoms with van der Waals surface area (Å²) in [5.41, 5.74) is 2.27. The summed E-state index contributed by atoms with van der Waals surface area (Å²) in [5.74, 6) is -0.806. The molecule has 2 aliphatic heterocycles. The predicted molar refractivity (Wildman–Crippen MR) is 115 cm³/mol. The number of aromatic nitrogens is 1. The Hall–Kier alpha value is -2.62. The predicted octanol–water partition coefficient (Wildman–Crippen LogP) is 1.42. The van der Waals surface area contributed by atoms with Gasteiger partial charge in [0.1, 0.15) is 0 Å². The minimum atomic E-state index is -3.28. The van der Waals surface area contributed by atoms with Gasteiger partial charge in [-0.3, -0.25) is 9.59 Å². The van der Waals surface area contributed by atoms with Crippen LogP contribution in [0.15, 0.2) is 18.7 Å². The highest BCUT2D eigenvalue weighted by Crippen LogP contribution is 2.28. The molecule has 2 aliphatic rings. The Labute approximate surface area is 182 Å². The van der Waals surface area contributed by atoms with Gasteiger partial charge in [0.05, 0.1) is 23.1 Å². The molecular formula is C21H29N3O6S. The van der Waals surface area contributed by atoms with Crippen LogP contribution in [0.3, 0.4) is 0 Å². The smallest absolute Gasteiger partial charge is 0.315 e. The molecule has 0 saturated carbocycles. The number of amides is 2. The van der Waals surface area contributed by atoms with Crippen molar-refractivity contribution in [1.29, 1.82) is 0 Å². The number of carbonyl (C=O) groups is 3. The number of urea groups is 1. The summed E-state index contributed by atoms with van der Waals surface area (Å²) in [6.07, 6.45) is 3.18. The number of hydrogen-bond acceptors (Lipinski definition) is 6. The van der Waals surface area contributed by atoms with Gasteiger partial charge in [0, 0.05) is 29.9 Å². The average molecular weight is 452 g/mol. The van der Waals surface area contributed by atoms with Crippen molar-refractivity contribution in [3.05, 3.63) is 35.7 Å². The number of rotatable bonds is 10. The highest BCUT2D eigenvalue weighted by Gasteiger charge is 2.51. The van der Waals surface area contributed by atoms with Crippen molar-refractivity contribution in [2.24, 2.45) is 0 Å². The lowest BCUT2D eigenvalue weighted by atomic mass is 10.0. The first kappa shape index (κ1) is 23.1. The molecule has 0 unspecified atom stereocenters. The maximum absolute atomic E-state index is 12.4. The van der Waals surface area contributed by atoms with E-state index < -0.39 is 27.1 Å². The zero-order valence-electron chi connectivity index (χ0n) is 17.8. The molecule has 0 bridgehead atoms. The van der Waals surface area contributed by atoms with Gasteiger partial charge in [-0.15, -0.1) is 6.58 Å². The van der Waals surface area contributed by atoms with Crippen molar-refractivity contribution in [1.82, 2.24) is 15.2 Å². The van der Waals surface area contributed by atoms with Gasteiger partial charge in [0.2, 0.25) is 5.78 Å². The number of allylic oxidation sites excluding steroid dienone is 1. The molecule has 1 aromatic heterocycles. The number of ether oxygens (including phenoxy) is 1. The van der Waals surface area contributed by atoms with E-state index in [1.165, 1.54) is 0 Å². The molecule has 0 aromatic carbocycles. The van der Waals surface area contributed by atoms with Gasteiger partial charge >= 0.3 is 12.0 Å². The number of nitrogens with zero attached hydrogens (tertiary/aromatic N) is 1. The number of fused-ring (bicyclic) bond motifs is 1. The number of carbonyl (C=O) groups excluding carboxylic acids is 3. The van der Waals surface area contributed by atoms with Crippen LogP contribution < -0.4 is 10.6 Å². The second kappa shape index (κ2) is 9.25. The normalized spacial score (nSPS) is 23.7. The van der Waals surface area contributed by atoms with Crippen molar-refractivity contribution in [3.8, 4) is 0 Å². The van der Waals surface area contributed by atoms with Crippen LogP contribution in [0, 0.1) is 13.8 Å². The SMILES string of the molecule is C=CCn1c(C)cc(C(=O)COC(=O)CCCC[C@H]2[C@H]3NC(=O)N[C@H]3CS2(=O)=O)c1C. The standard InChI is InChI=1S/C21H29N3O6S/c1-4-9-24-13(2)10-15(14(24)3)17(25)11-30-19(26)8-6-5-7-18-20-16(12-31(18,28)29)22-21(27)23-20/h4,10,16,18,20H,1,5-9,11-12H2,2-3H3,(H2,22,23,27)/t16-,18-,20-/m0/s1.